The van der Waals surface area contributed by atoms with Gasteiger partial charge in [-0.3, -0.25) is 9.69 Å². The zero-order valence-corrected chi connectivity index (χ0v) is 13.5. The fourth-order valence-electron chi connectivity index (χ4n) is 3.42. The van der Waals surface area contributed by atoms with E-state index in [-0.39, 0.29) is 17.8 Å². The molecule has 4 rings (SSSR count). The predicted molar refractivity (Wildman–Crippen MR) is 90.9 cm³/mol. The fourth-order valence-corrected chi connectivity index (χ4v) is 3.42. The van der Waals surface area contributed by atoms with E-state index < -0.39 is 0 Å². The molecule has 2 aliphatic rings. The minimum absolute atomic E-state index is 0.0310. The van der Waals surface area contributed by atoms with Gasteiger partial charge in [-0.25, -0.2) is 4.39 Å². The van der Waals surface area contributed by atoms with Crippen LogP contribution in [0.5, 0.6) is 0 Å². The summed E-state index contributed by atoms with van der Waals surface area (Å²) in [6.45, 7) is 1.58. The van der Waals surface area contributed by atoms with Crippen LogP contribution in [-0.2, 0) is 17.8 Å². The second kappa shape index (κ2) is 6.36. The van der Waals surface area contributed by atoms with Gasteiger partial charge in [-0.1, -0.05) is 36.4 Å². The Morgan fingerprint density at radius 1 is 1.08 bits per heavy atom. The third-order valence-electron chi connectivity index (χ3n) is 4.88. The number of amides is 1. The van der Waals surface area contributed by atoms with E-state index in [4.69, 9.17) is 0 Å². The number of fused-ring (bicyclic) bond motifs is 1. The van der Waals surface area contributed by atoms with Crippen LogP contribution < -0.4 is 5.32 Å². The van der Waals surface area contributed by atoms with Crippen molar-refractivity contribution in [2.24, 2.45) is 0 Å². The maximum Gasteiger partial charge on any atom is 0.242 e. The van der Waals surface area contributed by atoms with Crippen molar-refractivity contribution >= 4 is 5.91 Å². The molecule has 1 heterocycles. The van der Waals surface area contributed by atoms with Gasteiger partial charge in [0, 0.05) is 19.1 Å². The monoisotopic (exact) mass is 324 g/mol. The van der Waals surface area contributed by atoms with Crippen LogP contribution in [-0.4, -0.2) is 23.4 Å². The Balaban J connectivity index is 1.62. The maximum absolute atomic E-state index is 13.3. The maximum atomic E-state index is 13.3. The second-order valence-corrected chi connectivity index (χ2v) is 6.73. The fraction of sp³-hybridized carbons (Fsp3) is 0.350. The summed E-state index contributed by atoms with van der Waals surface area (Å²) in [5.41, 5.74) is 3.48. The van der Waals surface area contributed by atoms with Gasteiger partial charge in [0.25, 0.3) is 0 Å². The minimum atomic E-state index is -0.362. The van der Waals surface area contributed by atoms with Gasteiger partial charge in [0.2, 0.25) is 5.91 Å². The van der Waals surface area contributed by atoms with E-state index in [1.54, 1.807) is 12.1 Å². The molecule has 24 heavy (non-hydrogen) atoms. The second-order valence-electron chi connectivity index (χ2n) is 6.73. The first-order chi connectivity index (χ1) is 11.7. The van der Waals surface area contributed by atoms with E-state index in [2.05, 4.69) is 28.4 Å². The first kappa shape index (κ1) is 15.3. The molecule has 2 aromatic rings. The number of benzene rings is 2. The van der Waals surface area contributed by atoms with Gasteiger partial charge >= 0.3 is 0 Å². The van der Waals surface area contributed by atoms with Crippen LogP contribution in [0.25, 0.3) is 0 Å². The number of hydrogen-bond acceptors (Lipinski definition) is 2. The average Bonchev–Trinajstić information content (AvgIpc) is 3.41. The third-order valence-corrected chi connectivity index (χ3v) is 4.88. The molecule has 1 saturated carbocycles. The van der Waals surface area contributed by atoms with Gasteiger partial charge in [-0.05, 0) is 48.1 Å². The van der Waals surface area contributed by atoms with Gasteiger partial charge in [-0.2, -0.15) is 0 Å². The number of halogens is 1. The molecule has 124 valence electrons. The van der Waals surface area contributed by atoms with Crippen LogP contribution in [0.3, 0.4) is 0 Å². The average molecular weight is 324 g/mol. The zero-order valence-electron chi connectivity index (χ0n) is 13.5. The van der Waals surface area contributed by atoms with Crippen LogP contribution in [0.2, 0.25) is 0 Å². The summed E-state index contributed by atoms with van der Waals surface area (Å²) in [6.07, 6.45) is 3.06. The smallest absolute Gasteiger partial charge is 0.242 e. The van der Waals surface area contributed by atoms with Crippen molar-refractivity contribution in [2.45, 2.75) is 37.9 Å². The lowest BCUT2D eigenvalue weighted by molar-refractivity contribution is -0.127. The molecule has 1 amide bonds. The molecule has 0 bridgehead atoms. The Morgan fingerprint density at radius 2 is 1.79 bits per heavy atom. The molecule has 2 aromatic carbocycles. The summed E-state index contributed by atoms with van der Waals surface area (Å²) in [5, 5.41) is 3.11. The molecule has 0 spiro atoms. The Labute approximate surface area is 141 Å². The van der Waals surface area contributed by atoms with Crippen molar-refractivity contribution in [1.82, 2.24) is 10.2 Å². The van der Waals surface area contributed by atoms with E-state index in [1.807, 2.05) is 6.07 Å². The van der Waals surface area contributed by atoms with Crippen molar-refractivity contribution in [3.05, 3.63) is 71.0 Å². The zero-order chi connectivity index (χ0) is 16.5. The molecule has 1 aliphatic carbocycles. The van der Waals surface area contributed by atoms with Gasteiger partial charge in [0.15, 0.2) is 0 Å². The summed E-state index contributed by atoms with van der Waals surface area (Å²) >= 11 is 0. The molecule has 0 aromatic heterocycles. The van der Waals surface area contributed by atoms with Crippen molar-refractivity contribution < 1.29 is 9.18 Å². The molecule has 1 aliphatic heterocycles. The normalized spacial score (nSPS) is 18.7. The Bertz CT molecular complexity index is 740. The van der Waals surface area contributed by atoms with Crippen molar-refractivity contribution in [3.63, 3.8) is 0 Å². The van der Waals surface area contributed by atoms with E-state index in [0.29, 0.717) is 6.04 Å². The van der Waals surface area contributed by atoms with Crippen LogP contribution in [0.15, 0.2) is 48.5 Å². The van der Waals surface area contributed by atoms with Gasteiger partial charge in [0.05, 0.1) is 0 Å². The van der Waals surface area contributed by atoms with E-state index in [1.165, 1.54) is 23.3 Å². The standard InChI is InChI=1S/C20H21FN2O/c21-17-7-5-15(6-8-17)19(20(24)22-18-9-10-18)23-12-11-14-3-1-2-4-16(14)13-23/h1-8,18-19H,9-13H2,(H,22,24)/t19-/m1/s1. The van der Waals surface area contributed by atoms with Crippen molar-refractivity contribution in [1.29, 1.82) is 0 Å². The molecule has 0 radical (unpaired) electrons. The van der Waals surface area contributed by atoms with E-state index in [0.717, 1.165) is 37.9 Å². The first-order valence-corrected chi connectivity index (χ1v) is 8.57. The molecule has 0 unspecified atom stereocenters. The number of hydrogen-bond donors (Lipinski definition) is 1. The lowest BCUT2D eigenvalue weighted by Crippen LogP contribution is -2.43. The predicted octanol–water partition coefficient (Wildman–Crippen LogP) is 3.20. The number of nitrogens with zero attached hydrogens (tertiary/aromatic N) is 1. The van der Waals surface area contributed by atoms with Crippen LogP contribution in [0, 0.1) is 5.82 Å². The molecular weight excluding hydrogens is 303 g/mol. The molecule has 3 nitrogen and oxygen atoms in total. The lowest BCUT2D eigenvalue weighted by Gasteiger charge is -2.35. The number of carbonyl (C=O) groups is 1. The SMILES string of the molecule is O=C(NC1CC1)[C@@H](c1ccc(F)cc1)N1CCc2ccccc2C1. The van der Waals surface area contributed by atoms with Gasteiger partial charge in [0.1, 0.15) is 11.9 Å². The highest BCUT2D eigenvalue weighted by molar-refractivity contribution is 5.83. The highest BCUT2D eigenvalue weighted by Crippen LogP contribution is 2.29. The first-order valence-electron chi connectivity index (χ1n) is 8.57. The number of carbonyl (C=O) groups excluding carboxylic acids is 1. The van der Waals surface area contributed by atoms with Crippen molar-refractivity contribution in [2.75, 3.05) is 6.54 Å². The minimum Gasteiger partial charge on any atom is -0.352 e. The Hall–Kier alpha value is -2.20. The van der Waals surface area contributed by atoms with Gasteiger partial charge in [-0.15, -0.1) is 0 Å². The third kappa shape index (κ3) is 3.20. The van der Waals surface area contributed by atoms with Crippen LogP contribution in [0.4, 0.5) is 4.39 Å². The number of nitrogens with one attached hydrogen (secondary N) is 1. The topological polar surface area (TPSA) is 32.3 Å². The van der Waals surface area contributed by atoms with Crippen molar-refractivity contribution in [3.8, 4) is 0 Å². The summed E-state index contributed by atoms with van der Waals surface area (Å²) < 4.78 is 13.3. The van der Waals surface area contributed by atoms with Gasteiger partial charge < -0.3 is 5.32 Å². The quantitative estimate of drug-likeness (QED) is 0.937. The van der Waals surface area contributed by atoms with Crippen LogP contribution in [0.1, 0.15) is 35.6 Å². The van der Waals surface area contributed by atoms with E-state index in [9.17, 15) is 9.18 Å². The van der Waals surface area contributed by atoms with Crippen LogP contribution >= 0.6 is 0 Å². The molecule has 1 N–H and O–H groups in total. The van der Waals surface area contributed by atoms with E-state index >= 15 is 0 Å². The summed E-state index contributed by atoms with van der Waals surface area (Å²) in [6, 6.07) is 14.7. The highest BCUT2D eigenvalue weighted by Gasteiger charge is 2.33. The molecular formula is C20H21FN2O. The number of rotatable bonds is 4. The highest BCUT2D eigenvalue weighted by atomic mass is 19.1. The lowest BCUT2D eigenvalue weighted by atomic mass is 9.96. The molecule has 1 fully saturated rings. The summed E-state index contributed by atoms with van der Waals surface area (Å²) in [5.74, 6) is -0.243. The Kier molecular flexibility index (Phi) is 4.07. The molecule has 0 saturated heterocycles. The Morgan fingerprint density at radius 3 is 2.50 bits per heavy atom. The largest absolute Gasteiger partial charge is 0.352 e. The molecule has 4 heteroatoms. The summed E-state index contributed by atoms with van der Waals surface area (Å²) in [4.78, 5) is 15.0. The summed E-state index contributed by atoms with van der Waals surface area (Å²) in [7, 11) is 0. The molecule has 1 atom stereocenters.